The molecular formula is C10H11BrN4O2S. The number of nitrogens with one attached hydrogen (secondary N) is 1. The Kier molecular flexibility index (Phi) is 3.79. The van der Waals surface area contributed by atoms with Gasteiger partial charge >= 0.3 is 0 Å². The molecule has 1 aromatic carbocycles. The molecule has 0 saturated heterocycles. The summed E-state index contributed by atoms with van der Waals surface area (Å²) in [5.74, 6) is 0.552. The lowest BCUT2D eigenvalue weighted by molar-refractivity contribution is 0.577. The molecule has 18 heavy (non-hydrogen) atoms. The summed E-state index contributed by atoms with van der Waals surface area (Å²) in [6, 6.07) is 6.42. The molecule has 8 heteroatoms. The fraction of sp³-hybridized carbons (Fsp3) is 0.200. The maximum Gasteiger partial charge on any atom is 0.240 e. The molecule has 0 atom stereocenters. The molecule has 0 aliphatic heterocycles. The van der Waals surface area contributed by atoms with Gasteiger partial charge in [-0.25, -0.2) is 13.1 Å². The number of aryl methyl sites for hydroxylation is 1. The van der Waals surface area contributed by atoms with E-state index in [0.29, 0.717) is 5.82 Å². The van der Waals surface area contributed by atoms with Crippen LogP contribution in [0.4, 0.5) is 0 Å². The monoisotopic (exact) mass is 330 g/mol. The van der Waals surface area contributed by atoms with Crippen LogP contribution < -0.4 is 4.72 Å². The first kappa shape index (κ1) is 13.2. The number of nitrogens with zero attached hydrogens (tertiary/aromatic N) is 3. The summed E-state index contributed by atoms with van der Waals surface area (Å²) >= 11 is 3.26. The normalized spacial score (nSPS) is 11.7. The van der Waals surface area contributed by atoms with E-state index in [4.69, 9.17) is 0 Å². The van der Waals surface area contributed by atoms with Gasteiger partial charge in [0.1, 0.15) is 12.2 Å². The average Bonchev–Trinajstić information content (AvgIpc) is 2.73. The van der Waals surface area contributed by atoms with Crippen LogP contribution in [-0.4, -0.2) is 23.2 Å². The first-order valence-electron chi connectivity index (χ1n) is 5.07. The minimum absolute atomic E-state index is 0.106. The van der Waals surface area contributed by atoms with Crippen molar-refractivity contribution in [3.8, 4) is 0 Å². The van der Waals surface area contributed by atoms with E-state index in [1.54, 1.807) is 23.7 Å². The molecule has 1 aromatic heterocycles. The molecule has 0 bridgehead atoms. The van der Waals surface area contributed by atoms with Crippen molar-refractivity contribution in [2.24, 2.45) is 7.05 Å². The molecule has 96 valence electrons. The minimum Gasteiger partial charge on any atom is -0.320 e. The maximum atomic E-state index is 12.0. The van der Waals surface area contributed by atoms with E-state index in [9.17, 15) is 8.42 Å². The number of sulfonamides is 1. The van der Waals surface area contributed by atoms with Crippen molar-refractivity contribution in [1.82, 2.24) is 19.5 Å². The highest BCUT2D eigenvalue weighted by Gasteiger charge is 2.14. The number of benzene rings is 1. The standard InChI is InChI=1S/C10H11BrN4O2S/c1-15-7-12-14-10(15)6-13-18(16,17)9-4-2-8(11)3-5-9/h2-5,7,13H,6H2,1H3. The lowest BCUT2D eigenvalue weighted by atomic mass is 10.4. The summed E-state index contributed by atoms with van der Waals surface area (Å²) < 4.78 is 28.9. The fourth-order valence-electron chi connectivity index (χ4n) is 1.32. The lowest BCUT2D eigenvalue weighted by Gasteiger charge is -2.06. The first-order chi connectivity index (χ1) is 8.49. The van der Waals surface area contributed by atoms with Gasteiger partial charge in [-0.1, -0.05) is 15.9 Å². The van der Waals surface area contributed by atoms with Crippen LogP contribution in [0.3, 0.4) is 0 Å². The number of rotatable bonds is 4. The van der Waals surface area contributed by atoms with E-state index >= 15 is 0 Å². The maximum absolute atomic E-state index is 12.0. The van der Waals surface area contributed by atoms with Gasteiger partial charge in [-0.05, 0) is 24.3 Å². The van der Waals surface area contributed by atoms with Crippen LogP contribution in [0.1, 0.15) is 5.82 Å². The molecular weight excluding hydrogens is 320 g/mol. The SMILES string of the molecule is Cn1cnnc1CNS(=O)(=O)c1ccc(Br)cc1. The Morgan fingerprint density at radius 2 is 2.00 bits per heavy atom. The molecule has 1 N–H and O–H groups in total. The second-order valence-electron chi connectivity index (χ2n) is 3.64. The molecule has 2 rings (SSSR count). The zero-order chi connectivity index (χ0) is 13.2. The quantitative estimate of drug-likeness (QED) is 0.909. The molecule has 0 amide bonds. The van der Waals surface area contributed by atoms with E-state index in [1.807, 2.05) is 0 Å². The van der Waals surface area contributed by atoms with Crippen LogP contribution in [-0.2, 0) is 23.6 Å². The largest absolute Gasteiger partial charge is 0.320 e. The fourth-order valence-corrected chi connectivity index (χ4v) is 2.57. The van der Waals surface area contributed by atoms with Gasteiger partial charge in [-0.3, -0.25) is 0 Å². The molecule has 0 aliphatic rings. The van der Waals surface area contributed by atoms with Gasteiger partial charge in [0.05, 0.1) is 11.4 Å². The first-order valence-corrected chi connectivity index (χ1v) is 7.35. The average molecular weight is 331 g/mol. The second kappa shape index (κ2) is 5.17. The van der Waals surface area contributed by atoms with Crippen LogP contribution in [0.15, 0.2) is 40.0 Å². The van der Waals surface area contributed by atoms with Gasteiger partial charge in [0.15, 0.2) is 0 Å². The lowest BCUT2D eigenvalue weighted by Crippen LogP contribution is -2.24. The van der Waals surface area contributed by atoms with E-state index in [1.165, 1.54) is 18.5 Å². The molecule has 1 heterocycles. The predicted octanol–water partition coefficient (Wildman–Crippen LogP) is 1.06. The summed E-state index contributed by atoms with van der Waals surface area (Å²) in [7, 11) is -1.77. The number of hydrogen-bond donors (Lipinski definition) is 1. The number of aromatic nitrogens is 3. The topological polar surface area (TPSA) is 76.9 Å². The Morgan fingerprint density at radius 3 is 2.56 bits per heavy atom. The van der Waals surface area contributed by atoms with Crippen LogP contribution in [0, 0.1) is 0 Å². The Morgan fingerprint density at radius 1 is 1.33 bits per heavy atom. The van der Waals surface area contributed by atoms with E-state index in [2.05, 4.69) is 30.8 Å². The van der Waals surface area contributed by atoms with Crippen LogP contribution in [0.25, 0.3) is 0 Å². The van der Waals surface area contributed by atoms with Crippen molar-refractivity contribution in [2.45, 2.75) is 11.4 Å². The van der Waals surface area contributed by atoms with Crippen molar-refractivity contribution < 1.29 is 8.42 Å². The highest BCUT2D eigenvalue weighted by atomic mass is 79.9. The zero-order valence-corrected chi connectivity index (χ0v) is 11.9. The highest BCUT2D eigenvalue weighted by Crippen LogP contribution is 2.14. The van der Waals surface area contributed by atoms with Gasteiger partial charge in [0.25, 0.3) is 0 Å². The third-order valence-corrected chi connectivity index (χ3v) is 4.30. The third-order valence-electron chi connectivity index (χ3n) is 2.35. The molecule has 0 saturated carbocycles. The van der Waals surface area contributed by atoms with E-state index < -0.39 is 10.0 Å². The van der Waals surface area contributed by atoms with Crippen molar-refractivity contribution in [3.63, 3.8) is 0 Å². The Bertz CT molecular complexity index is 636. The summed E-state index contributed by atoms with van der Waals surface area (Å²) in [6.07, 6.45) is 1.52. The number of hydrogen-bond acceptors (Lipinski definition) is 4. The smallest absolute Gasteiger partial charge is 0.240 e. The summed E-state index contributed by atoms with van der Waals surface area (Å²) in [6.45, 7) is 0.106. The van der Waals surface area contributed by atoms with Crippen LogP contribution in [0.5, 0.6) is 0 Å². The van der Waals surface area contributed by atoms with Crippen LogP contribution >= 0.6 is 15.9 Å². The van der Waals surface area contributed by atoms with Crippen LogP contribution in [0.2, 0.25) is 0 Å². The van der Waals surface area contributed by atoms with Gasteiger partial charge in [0.2, 0.25) is 10.0 Å². The number of halogens is 1. The third kappa shape index (κ3) is 2.95. The highest BCUT2D eigenvalue weighted by molar-refractivity contribution is 9.10. The Balaban J connectivity index is 2.13. The summed E-state index contributed by atoms with van der Waals surface area (Å²) in [5, 5.41) is 7.48. The van der Waals surface area contributed by atoms with Gasteiger partial charge in [-0.2, -0.15) is 0 Å². The summed E-state index contributed by atoms with van der Waals surface area (Å²) in [4.78, 5) is 0.216. The minimum atomic E-state index is -3.52. The molecule has 2 aromatic rings. The Labute approximate surface area is 113 Å². The summed E-state index contributed by atoms with van der Waals surface area (Å²) in [5.41, 5.74) is 0. The van der Waals surface area contributed by atoms with Crippen molar-refractivity contribution in [3.05, 3.63) is 40.9 Å². The van der Waals surface area contributed by atoms with Gasteiger partial charge in [0, 0.05) is 11.5 Å². The Hall–Kier alpha value is -1.25. The van der Waals surface area contributed by atoms with Gasteiger partial charge < -0.3 is 4.57 Å². The molecule has 0 unspecified atom stereocenters. The molecule has 0 radical (unpaired) electrons. The van der Waals surface area contributed by atoms with E-state index in [-0.39, 0.29) is 11.4 Å². The zero-order valence-electron chi connectivity index (χ0n) is 9.54. The van der Waals surface area contributed by atoms with Crippen molar-refractivity contribution >= 4 is 26.0 Å². The molecule has 0 spiro atoms. The van der Waals surface area contributed by atoms with Crippen molar-refractivity contribution in [1.29, 1.82) is 0 Å². The molecule has 6 nitrogen and oxygen atoms in total. The van der Waals surface area contributed by atoms with E-state index in [0.717, 1.165) is 4.47 Å². The predicted molar refractivity (Wildman–Crippen MR) is 69.2 cm³/mol. The van der Waals surface area contributed by atoms with Crippen molar-refractivity contribution in [2.75, 3.05) is 0 Å². The molecule has 0 aliphatic carbocycles. The van der Waals surface area contributed by atoms with Gasteiger partial charge in [-0.15, -0.1) is 10.2 Å². The molecule has 0 fully saturated rings. The second-order valence-corrected chi connectivity index (χ2v) is 6.32.